The summed E-state index contributed by atoms with van der Waals surface area (Å²) in [5.41, 5.74) is 5.25. The van der Waals surface area contributed by atoms with Gasteiger partial charge in [0.05, 0.1) is 22.2 Å². The van der Waals surface area contributed by atoms with Gasteiger partial charge in [0, 0.05) is 62.1 Å². The number of thiophene rings is 2. The minimum atomic E-state index is 0.686. The second kappa shape index (κ2) is 9.46. The third kappa shape index (κ3) is 3.50. The molecule has 11 rings (SSSR count). The van der Waals surface area contributed by atoms with Crippen molar-refractivity contribution in [2.45, 2.75) is 0 Å². The van der Waals surface area contributed by atoms with Gasteiger partial charge in [-0.1, -0.05) is 103 Å². The molecule has 0 unspecified atom stereocenters. The standard InChI is InChI=1S/C42H23N3S2/c1-2-13-26-24(11-1)31(23-37-38(26)30-16-6-10-20-36(30)46-37)40-28-14-3-7-17-32(28)43-42(44-40)45-33-18-8-4-15-29(33)39-34(45)22-21-27-25-12-5-9-19-35(25)47-41(27)39/h1-23H. The molecule has 0 saturated heterocycles. The first-order chi connectivity index (χ1) is 23.3. The van der Waals surface area contributed by atoms with Gasteiger partial charge in [0.25, 0.3) is 0 Å². The highest BCUT2D eigenvalue weighted by Gasteiger charge is 2.21. The molecule has 218 valence electrons. The molecule has 0 fully saturated rings. The molecule has 0 aliphatic rings. The fraction of sp³-hybridized carbons (Fsp3) is 0. The summed E-state index contributed by atoms with van der Waals surface area (Å²) in [6.45, 7) is 0. The number of nitrogens with zero attached hydrogens (tertiary/aromatic N) is 3. The number of hydrogen-bond acceptors (Lipinski definition) is 4. The van der Waals surface area contributed by atoms with E-state index in [1.807, 2.05) is 22.7 Å². The van der Waals surface area contributed by atoms with Crippen LogP contribution < -0.4 is 0 Å². The maximum absolute atomic E-state index is 5.51. The smallest absolute Gasteiger partial charge is 0.235 e. The van der Waals surface area contributed by atoms with Crippen molar-refractivity contribution in [2.24, 2.45) is 0 Å². The molecule has 4 aromatic heterocycles. The molecule has 0 aliphatic carbocycles. The number of aromatic nitrogens is 3. The summed E-state index contributed by atoms with van der Waals surface area (Å²) in [5, 5.41) is 11.2. The number of rotatable bonds is 2. The van der Waals surface area contributed by atoms with Gasteiger partial charge in [-0.2, -0.15) is 0 Å². The van der Waals surface area contributed by atoms with E-state index in [2.05, 4.69) is 144 Å². The van der Waals surface area contributed by atoms with Crippen LogP contribution in [0, 0.1) is 0 Å². The molecule has 0 bridgehead atoms. The molecule has 0 N–H and O–H groups in total. The van der Waals surface area contributed by atoms with E-state index in [1.54, 1.807) is 0 Å². The summed E-state index contributed by atoms with van der Waals surface area (Å²) in [5.74, 6) is 0.686. The highest BCUT2D eigenvalue weighted by molar-refractivity contribution is 7.27. The van der Waals surface area contributed by atoms with Gasteiger partial charge in [-0.3, -0.25) is 4.57 Å². The van der Waals surface area contributed by atoms with Crippen LogP contribution in [0.25, 0.3) is 101 Å². The molecule has 7 aromatic carbocycles. The monoisotopic (exact) mass is 633 g/mol. The maximum atomic E-state index is 5.51. The second-order valence-corrected chi connectivity index (χ2v) is 14.3. The fourth-order valence-electron chi connectivity index (χ4n) is 7.60. The molecule has 3 nitrogen and oxygen atoms in total. The van der Waals surface area contributed by atoms with Gasteiger partial charge < -0.3 is 0 Å². The Kier molecular flexibility index (Phi) is 5.14. The molecule has 0 amide bonds. The SMILES string of the molecule is c1ccc2c(-c3cc4sc5ccccc5c4c4ccccc34)nc(-n3c4ccccc4c4c5sc6ccccc6c5ccc43)nc2c1. The van der Waals surface area contributed by atoms with Crippen molar-refractivity contribution in [1.82, 2.24) is 14.5 Å². The molecule has 11 aromatic rings. The molecule has 0 radical (unpaired) electrons. The molecule has 0 aliphatic heterocycles. The van der Waals surface area contributed by atoms with E-state index in [0.717, 1.165) is 33.2 Å². The minimum Gasteiger partial charge on any atom is -0.278 e. The van der Waals surface area contributed by atoms with Gasteiger partial charge >= 0.3 is 0 Å². The summed E-state index contributed by atoms with van der Waals surface area (Å²) in [6.07, 6.45) is 0. The molecule has 47 heavy (non-hydrogen) atoms. The van der Waals surface area contributed by atoms with Crippen LogP contribution in [0.5, 0.6) is 0 Å². The van der Waals surface area contributed by atoms with Gasteiger partial charge in [0.15, 0.2) is 0 Å². The average Bonchev–Trinajstić information content (AvgIpc) is 3.80. The largest absolute Gasteiger partial charge is 0.278 e. The van der Waals surface area contributed by atoms with Crippen LogP contribution in [-0.4, -0.2) is 14.5 Å². The van der Waals surface area contributed by atoms with Gasteiger partial charge in [-0.25, -0.2) is 9.97 Å². The maximum Gasteiger partial charge on any atom is 0.235 e. The zero-order chi connectivity index (χ0) is 30.6. The van der Waals surface area contributed by atoms with Gasteiger partial charge in [-0.15, -0.1) is 22.7 Å². The predicted molar refractivity (Wildman–Crippen MR) is 203 cm³/mol. The lowest BCUT2D eigenvalue weighted by Gasteiger charge is -2.14. The molecule has 0 saturated carbocycles. The van der Waals surface area contributed by atoms with Crippen LogP contribution in [-0.2, 0) is 0 Å². The Morgan fingerprint density at radius 3 is 1.94 bits per heavy atom. The Hall–Kier alpha value is -5.62. The lowest BCUT2D eigenvalue weighted by molar-refractivity contribution is 1.01. The van der Waals surface area contributed by atoms with Crippen LogP contribution >= 0.6 is 22.7 Å². The second-order valence-electron chi connectivity index (χ2n) is 12.1. The van der Waals surface area contributed by atoms with Gasteiger partial charge in [0.1, 0.15) is 0 Å². The third-order valence-electron chi connectivity index (χ3n) is 9.61. The number of para-hydroxylation sites is 2. The normalized spacial score (nSPS) is 12.3. The predicted octanol–water partition coefficient (Wildman–Crippen LogP) is 12.3. The molecule has 5 heteroatoms. The first-order valence-electron chi connectivity index (χ1n) is 15.8. The Balaban J connectivity index is 1.27. The lowest BCUT2D eigenvalue weighted by Crippen LogP contribution is -2.03. The summed E-state index contributed by atoms with van der Waals surface area (Å²) in [7, 11) is 0. The molecule has 4 heterocycles. The molecule has 0 spiro atoms. The van der Waals surface area contributed by atoms with E-state index < -0.39 is 0 Å². The topological polar surface area (TPSA) is 30.7 Å². The Morgan fingerprint density at radius 2 is 1.09 bits per heavy atom. The van der Waals surface area contributed by atoms with Crippen molar-refractivity contribution in [3.8, 4) is 17.2 Å². The summed E-state index contributed by atoms with van der Waals surface area (Å²) in [6, 6.07) is 50.2. The van der Waals surface area contributed by atoms with Crippen molar-refractivity contribution in [2.75, 3.05) is 0 Å². The first kappa shape index (κ1) is 25.6. The van der Waals surface area contributed by atoms with Crippen molar-refractivity contribution in [3.63, 3.8) is 0 Å². The van der Waals surface area contributed by atoms with Crippen LogP contribution in [0.2, 0.25) is 0 Å². The molecular weight excluding hydrogens is 611 g/mol. The van der Waals surface area contributed by atoms with Gasteiger partial charge in [0.2, 0.25) is 5.95 Å². The molecular formula is C42H23N3S2. The first-order valence-corrected chi connectivity index (χ1v) is 17.4. The van der Waals surface area contributed by atoms with Crippen molar-refractivity contribution in [3.05, 3.63) is 140 Å². The minimum absolute atomic E-state index is 0.686. The average molecular weight is 634 g/mol. The van der Waals surface area contributed by atoms with E-state index >= 15 is 0 Å². The van der Waals surface area contributed by atoms with Crippen LogP contribution in [0.15, 0.2) is 140 Å². The highest BCUT2D eigenvalue weighted by Crippen LogP contribution is 2.45. The number of hydrogen-bond donors (Lipinski definition) is 0. The van der Waals surface area contributed by atoms with Gasteiger partial charge in [-0.05, 0) is 47.2 Å². The third-order valence-corrected chi connectivity index (χ3v) is 11.9. The van der Waals surface area contributed by atoms with E-state index in [0.29, 0.717) is 5.95 Å². The van der Waals surface area contributed by atoms with Crippen molar-refractivity contribution in [1.29, 1.82) is 0 Å². The van der Waals surface area contributed by atoms with E-state index in [4.69, 9.17) is 9.97 Å². The zero-order valence-electron chi connectivity index (χ0n) is 24.9. The zero-order valence-corrected chi connectivity index (χ0v) is 26.6. The van der Waals surface area contributed by atoms with Crippen molar-refractivity contribution >= 4 is 106 Å². The highest BCUT2D eigenvalue weighted by atomic mass is 32.1. The Morgan fingerprint density at radius 1 is 0.426 bits per heavy atom. The quantitative estimate of drug-likeness (QED) is 0.190. The van der Waals surface area contributed by atoms with Crippen LogP contribution in [0.1, 0.15) is 0 Å². The summed E-state index contributed by atoms with van der Waals surface area (Å²) < 4.78 is 7.45. The van der Waals surface area contributed by atoms with Crippen LogP contribution in [0.3, 0.4) is 0 Å². The van der Waals surface area contributed by atoms with E-state index in [-0.39, 0.29) is 0 Å². The van der Waals surface area contributed by atoms with E-state index in [9.17, 15) is 0 Å². The number of benzene rings is 7. The van der Waals surface area contributed by atoms with Crippen molar-refractivity contribution < 1.29 is 0 Å². The Labute approximate surface area is 276 Å². The van der Waals surface area contributed by atoms with E-state index in [1.165, 1.54) is 61.9 Å². The molecule has 0 atom stereocenters. The lowest BCUT2D eigenvalue weighted by atomic mass is 9.96. The Bertz CT molecular complexity index is 3090. The van der Waals surface area contributed by atoms with Crippen LogP contribution in [0.4, 0.5) is 0 Å². The fourth-order valence-corrected chi connectivity index (χ4v) is 10.0. The number of fused-ring (bicyclic) bond motifs is 13. The summed E-state index contributed by atoms with van der Waals surface area (Å²) in [4.78, 5) is 10.8. The summed E-state index contributed by atoms with van der Waals surface area (Å²) >= 11 is 3.72.